The highest BCUT2D eigenvalue weighted by Gasteiger charge is 2.08. The van der Waals surface area contributed by atoms with E-state index in [-0.39, 0.29) is 0 Å². The molecule has 164 valence electrons. The first-order chi connectivity index (χ1) is 15.0. The van der Waals surface area contributed by atoms with Crippen LogP contribution < -0.4 is 15.4 Å². The van der Waals surface area contributed by atoms with Crippen LogP contribution in [-0.4, -0.2) is 41.4 Å². The fourth-order valence-electron chi connectivity index (χ4n) is 3.42. The molecule has 7 nitrogen and oxygen atoms in total. The summed E-state index contributed by atoms with van der Waals surface area (Å²) in [6.45, 7) is 7.73. The third-order valence-electron chi connectivity index (χ3n) is 5.27. The molecule has 2 N–H and O–H groups in total. The Kier molecular flexibility index (Phi) is 7.65. The van der Waals surface area contributed by atoms with Crippen LogP contribution in [0, 0.1) is 13.8 Å². The van der Waals surface area contributed by atoms with Crippen LogP contribution in [0.4, 0.5) is 0 Å². The first kappa shape index (κ1) is 22.3. The monoisotopic (exact) mass is 420 g/mol. The lowest BCUT2D eigenvalue weighted by molar-refractivity contribution is 0.414. The van der Waals surface area contributed by atoms with Crippen LogP contribution in [0.1, 0.15) is 41.8 Å². The van der Waals surface area contributed by atoms with Gasteiger partial charge in [0.15, 0.2) is 11.8 Å². The summed E-state index contributed by atoms with van der Waals surface area (Å²) in [6.07, 6.45) is 2.88. The van der Waals surface area contributed by atoms with Crippen molar-refractivity contribution in [2.24, 2.45) is 4.99 Å². The van der Waals surface area contributed by atoms with E-state index in [2.05, 4.69) is 50.8 Å². The SMILES string of the molecule is CN=C(NCCC(C)c1ccc(OC)cc1)NCc1ccc(-n2nc(C)cc2C)nc1. The third-order valence-corrected chi connectivity index (χ3v) is 5.27. The summed E-state index contributed by atoms with van der Waals surface area (Å²) >= 11 is 0. The molecule has 0 aliphatic heterocycles. The molecule has 1 unspecified atom stereocenters. The molecule has 31 heavy (non-hydrogen) atoms. The number of hydrogen-bond acceptors (Lipinski definition) is 4. The minimum Gasteiger partial charge on any atom is -0.497 e. The second-order valence-corrected chi connectivity index (χ2v) is 7.68. The van der Waals surface area contributed by atoms with E-state index in [1.807, 2.05) is 49.0 Å². The number of methoxy groups -OCH3 is 1. The quantitative estimate of drug-likeness (QED) is 0.429. The van der Waals surface area contributed by atoms with Gasteiger partial charge in [0.25, 0.3) is 0 Å². The Hall–Kier alpha value is -3.35. The van der Waals surface area contributed by atoms with Gasteiger partial charge in [-0.25, -0.2) is 9.67 Å². The Morgan fingerprint density at radius 3 is 2.48 bits per heavy atom. The molecule has 1 atom stereocenters. The number of hydrogen-bond donors (Lipinski definition) is 2. The van der Waals surface area contributed by atoms with Gasteiger partial charge in [0, 0.05) is 32.0 Å². The predicted octanol–water partition coefficient (Wildman–Crippen LogP) is 3.75. The van der Waals surface area contributed by atoms with Crippen molar-refractivity contribution in [3.05, 3.63) is 71.2 Å². The first-order valence-corrected chi connectivity index (χ1v) is 10.6. The lowest BCUT2D eigenvalue weighted by Crippen LogP contribution is -2.37. The zero-order valence-corrected chi connectivity index (χ0v) is 19.0. The molecule has 2 aromatic heterocycles. The maximum absolute atomic E-state index is 5.23. The van der Waals surface area contributed by atoms with E-state index in [1.165, 1.54) is 5.56 Å². The van der Waals surface area contributed by atoms with E-state index in [9.17, 15) is 0 Å². The van der Waals surface area contributed by atoms with Gasteiger partial charge in [0.2, 0.25) is 0 Å². The highest BCUT2D eigenvalue weighted by molar-refractivity contribution is 5.79. The lowest BCUT2D eigenvalue weighted by atomic mass is 9.98. The standard InChI is InChI=1S/C24H32N6O/c1-17(21-7-9-22(31-5)10-8-21)12-13-26-24(25-4)28-16-20-6-11-23(27-15-20)30-19(3)14-18(2)29-30/h6-11,14-15,17H,12-13,16H2,1-5H3,(H2,25,26,28). The van der Waals surface area contributed by atoms with Gasteiger partial charge >= 0.3 is 0 Å². The molecule has 0 radical (unpaired) electrons. The number of nitrogens with zero attached hydrogens (tertiary/aromatic N) is 4. The smallest absolute Gasteiger partial charge is 0.191 e. The number of pyridine rings is 1. The molecule has 0 amide bonds. The Bertz CT molecular complexity index is 992. The van der Waals surface area contributed by atoms with Gasteiger partial charge in [0.05, 0.1) is 12.8 Å². The van der Waals surface area contributed by atoms with Crippen LogP contribution in [0.3, 0.4) is 0 Å². The van der Waals surface area contributed by atoms with Crippen LogP contribution in [-0.2, 0) is 6.54 Å². The molecule has 0 saturated heterocycles. The van der Waals surface area contributed by atoms with Crippen LogP contribution in [0.15, 0.2) is 53.7 Å². The highest BCUT2D eigenvalue weighted by atomic mass is 16.5. The Morgan fingerprint density at radius 1 is 1.13 bits per heavy atom. The average Bonchev–Trinajstić information content (AvgIpc) is 3.14. The van der Waals surface area contributed by atoms with Crippen molar-refractivity contribution in [2.75, 3.05) is 20.7 Å². The second-order valence-electron chi connectivity index (χ2n) is 7.68. The van der Waals surface area contributed by atoms with Gasteiger partial charge in [-0.2, -0.15) is 5.10 Å². The summed E-state index contributed by atoms with van der Waals surface area (Å²) < 4.78 is 7.09. The number of rotatable bonds is 8. The first-order valence-electron chi connectivity index (χ1n) is 10.6. The lowest BCUT2D eigenvalue weighted by Gasteiger charge is -2.15. The minimum absolute atomic E-state index is 0.447. The van der Waals surface area contributed by atoms with Crippen molar-refractivity contribution < 1.29 is 4.74 Å². The van der Waals surface area contributed by atoms with Crippen molar-refractivity contribution >= 4 is 5.96 Å². The van der Waals surface area contributed by atoms with E-state index in [0.29, 0.717) is 12.5 Å². The molecular weight excluding hydrogens is 388 g/mol. The van der Waals surface area contributed by atoms with Gasteiger partial charge in [-0.1, -0.05) is 25.1 Å². The van der Waals surface area contributed by atoms with Crippen molar-refractivity contribution in [1.29, 1.82) is 0 Å². The molecule has 1 aromatic carbocycles. The Labute approximate surface area is 184 Å². The summed E-state index contributed by atoms with van der Waals surface area (Å²) in [4.78, 5) is 8.87. The fourth-order valence-corrected chi connectivity index (χ4v) is 3.42. The van der Waals surface area contributed by atoms with E-state index >= 15 is 0 Å². The van der Waals surface area contributed by atoms with E-state index in [4.69, 9.17) is 4.74 Å². The number of aryl methyl sites for hydroxylation is 2. The normalized spacial score (nSPS) is 12.5. The fraction of sp³-hybridized carbons (Fsp3) is 0.375. The summed E-state index contributed by atoms with van der Waals surface area (Å²) in [5, 5.41) is 11.2. The van der Waals surface area contributed by atoms with E-state index in [1.54, 1.807) is 14.2 Å². The Morgan fingerprint density at radius 2 is 1.90 bits per heavy atom. The van der Waals surface area contributed by atoms with Gasteiger partial charge in [-0.15, -0.1) is 0 Å². The van der Waals surface area contributed by atoms with Crippen LogP contribution in [0.25, 0.3) is 5.82 Å². The van der Waals surface area contributed by atoms with Gasteiger partial charge < -0.3 is 15.4 Å². The van der Waals surface area contributed by atoms with Crippen LogP contribution in [0.2, 0.25) is 0 Å². The predicted molar refractivity (Wildman–Crippen MR) is 125 cm³/mol. The number of guanidine groups is 1. The summed E-state index contributed by atoms with van der Waals surface area (Å²) in [5.74, 6) is 2.94. The minimum atomic E-state index is 0.447. The summed E-state index contributed by atoms with van der Waals surface area (Å²) in [5.41, 5.74) is 4.45. The topological polar surface area (TPSA) is 76.4 Å². The molecule has 0 bridgehead atoms. The van der Waals surface area contributed by atoms with E-state index < -0.39 is 0 Å². The number of nitrogens with one attached hydrogen (secondary N) is 2. The van der Waals surface area contributed by atoms with Crippen LogP contribution in [0.5, 0.6) is 5.75 Å². The Balaban J connectivity index is 1.46. The summed E-state index contributed by atoms with van der Waals surface area (Å²) in [6, 6.07) is 14.4. The van der Waals surface area contributed by atoms with Gasteiger partial charge in [0.1, 0.15) is 5.75 Å². The number of aliphatic imine (C=N–C) groups is 1. The van der Waals surface area contributed by atoms with E-state index in [0.717, 1.165) is 47.4 Å². The van der Waals surface area contributed by atoms with Crippen molar-refractivity contribution in [3.8, 4) is 11.6 Å². The highest BCUT2D eigenvalue weighted by Crippen LogP contribution is 2.21. The van der Waals surface area contributed by atoms with Crippen LogP contribution >= 0.6 is 0 Å². The maximum Gasteiger partial charge on any atom is 0.191 e. The molecule has 2 heterocycles. The molecule has 0 saturated carbocycles. The molecule has 0 spiro atoms. The number of aromatic nitrogens is 3. The molecule has 0 aliphatic carbocycles. The third kappa shape index (κ3) is 6.07. The molecule has 0 fully saturated rings. The van der Waals surface area contributed by atoms with Gasteiger partial charge in [-0.05, 0) is 61.6 Å². The molecular formula is C24H32N6O. The summed E-state index contributed by atoms with van der Waals surface area (Å²) in [7, 11) is 3.47. The van der Waals surface area contributed by atoms with Crippen molar-refractivity contribution in [1.82, 2.24) is 25.4 Å². The van der Waals surface area contributed by atoms with Gasteiger partial charge in [-0.3, -0.25) is 4.99 Å². The average molecular weight is 421 g/mol. The van der Waals surface area contributed by atoms with Crippen molar-refractivity contribution in [3.63, 3.8) is 0 Å². The number of benzene rings is 1. The second kappa shape index (κ2) is 10.6. The molecule has 7 heteroatoms. The maximum atomic E-state index is 5.23. The molecule has 3 rings (SSSR count). The number of ether oxygens (including phenoxy) is 1. The molecule has 0 aliphatic rings. The zero-order valence-electron chi connectivity index (χ0n) is 19.0. The largest absolute Gasteiger partial charge is 0.497 e. The van der Waals surface area contributed by atoms with Crippen molar-refractivity contribution in [2.45, 2.75) is 39.7 Å². The zero-order chi connectivity index (χ0) is 22.2. The molecule has 3 aromatic rings.